The predicted molar refractivity (Wildman–Crippen MR) is 112 cm³/mol. The van der Waals surface area contributed by atoms with Gasteiger partial charge in [0.2, 0.25) is 0 Å². The zero-order valence-corrected chi connectivity index (χ0v) is 15.8. The molecule has 5 aromatic rings. The minimum atomic E-state index is -0.376. The summed E-state index contributed by atoms with van der Waals surface area (Å²) in [6.45, 7) is 0. The van der Waals surface area contributed by atoms with E-state index in [0.717, 1.165) is 16.6 Å². The number of rotatable bonds is 1. The van der Waals surface area contributed by atoms with E-state index in [2.05, 4.69) is 63.7 Å². The maximum atomic E-state index is 12.7. The molecule has 0 aliphatic carbocycles. The number of esters is 1. The van der Waals surface area contributed by atoms with E-state index in [1.807, 2.05) is 6.07 Å². The van der Waals surface area contributed by atoms with E-state index >= 15 is 0 Å². The molecule has 1 saturated heterocycles. The molecule has 7 rings (SSSR count). The van der Waals surface area contributed by atoms with E-state index in [9.17, 15) is 4.79 Å². The number of ether oxygens (including phenoxy) is 2. The van der Waals surface area contributed by atoms with Crippen molar-refractivity contribution in [2.75, 3.05) is 7.11 Å². The van der Waals surface area contributed by atoms with Crippen LogP contribution in [0.15, 0.2) is 60.7 Å². The molecule has 5 nitrogen and oxygen atoms in total. The SMILES string of the molecule is COC(=O)[C@H]1C[C@@H]2O[C@H]1n1c3ccccc3c3ccc4c5ccccc5n2c4c31. The first kappa shape index (κ1) is 15.6. The number of aromatic nitrogens is 2. The highest BCUT2D eigenvalue weighted by atomic mass is 16.5. The Morgan fingerprint density at radius 2 is 1.45 bits per heavy atom. The molecule has 0 saturated carbocycles. The zero-order chi connectivity index (χ0) is 19.3. The van der Waals surface area contributed by atoms with Crippen molar-refractivity contribution in [3.63, 3.8) is 0 Å². The molecule has 29 heavy (non-hydrogen) atoms. The van der Waals surface area contributed by atoms with E-state index in [0.29, 0.717) is 6.42 Å². The summed E-state index contributed by atoms with van der Waals surface area (Å²) in [6.07, 6.45) is 0.0304. The number of hydrogen-bond acceptors (Lipinski definition) is 3. The van der Waals surface area contributed by atoms with Gasteiger partial charge in [0.1, 0.15) is 12.1 Å². The van der Waals surface area contributed by atoms with Crippen LogP contribution in [-0.4, -0.2) is 22.2 Å². The second kappa shape index (κ2) is 5.19. The lowest BCUT2D eigenvalue weighted by Gasteiger charge is -2.20. The highest BCUT2D eigenvalue weighted by Gasteiger charge is 2.46. The van der Waals surface area contributed by atoms with Crippen molar-refractivity contribution in [1.82, 2.24) is 9.13 Å². The van der Waals surface area contributed by atoms with E-state index in [1.165, 1.54) is 34.2 Å². The summed E-state index contributed by atoms with van der Waals surface area (Å²) < 4.78 is 16.3. The van der Waals surface area contributed by atoms with Gasteiger partial charge in [0, 0.05) is 28.0 Å². The number of carbonyl (C=O) groups excluding carboxylic acids is 1. The van der Waals surface area contributed by atoms with Gasteiger partial charge in [-0.25, -0.2) is 0 Å². The summed E-state index contributed by atoms with van der Waals surface area (Å²) in [5, 5.41) is 4.81. The summed E-state index contributed by atoms with van der Waals surface area (Å²) in [5.41, 5.74) is 4.56. The number of nitrogens with zero attached hydrogens (tertiary/aromatic N) is 2. The van der Waals surface area contributed by atoms with Crippen molar-refractivity contribution in [2.45, 2.75) is 18.9 Å². The van der Waals surface area contributed by atoms with Gasteiger partial charge in [0.05, 0.1) is 29.2 Å². The van der Waals surface area contributed by atoms with E-state index < -0.39 is 0 Å². The third-order valence-corrected chi connectivity index (χ3v) is 6.68. The van der Waals surface area contributed by atoms with Crippen molar-refractivity contribution in [3.8, 4) is 0 Å². The fraction of sp³-hybridized carbons (Fsp3) is 0.208. The Balaban J connectivity index is 1.75. The average Bonchev–Trinajstić information content (AvgIpc) is 3.39. The Morgan fingerprint density at radius 3 is 2.10 bits per heavy atom. The summed E-state index contributed by atoms with van der Waals surface area (Å²) in [7, 11) is 1.46. The molecule has 4 heterocycles. The van der Waals surface area contributed by atoms with E-state index in [4.69, 9.17) is 9.47 Å². The van der Waals surface area contributed by atoms with Crippen LogP contribution in [0.4, 0.5) is 0 Å². The second-order valence-electron chi connectivity index (χ2n) is 7.98. The highest BCUT2D eigenvalue weighted by Crippen LogP contribution is 2.51. The molecular formula is C24H18N2O3. The molecule has 2 aliphatic rings. The monoisotopic (exact) mass is 382 g/mol. The van der Waals surface area contributed by atoms with Gasteiger partial charge in [-0.2, -0.15) is 0 Å². The second-order valence-corrected chi connectivity index (χ2v) is 7.98. The van der Waals surface area contributed by atoms with Crippen molar-refractivity contribution in [3.05, 3.63) is 60.7 Å². The molecule has 1 fully saturated rings. The Bertz CT molecular complexity index is 1490. The average molecular weight is 382 g/mol. The van der Waals surface area contributed by atoms with Crippen molar-refractivity contribution >= 4 is 49.6 Å². The normalized spacial score (nSPS) is 22.9. The molecular weight excluding hydrogens is 364 g/mol. The third-order valence-electron chi connectivity index (χ3n) is 6.68. The first-order chi connectivity index (χ1) is 14.3. The van der Waals surface area contributed by atoms with Crippen LogP contribution in [0.25, 0.3) is 43.6 Å². The molecule has 2 aromatic heterocycles. The molecule has 3 atom stereocenters. The molecule has 2 bridgehead atoms. The molecule has 0 N–H and O–H groups in total. The number of methoxy groups -OCH3 is 1. The maximum absolute atomic E-state index is 12.7. The Morgan fingerprint density at radius 1 is 0.862 bits per heavy atom. The standard InChI is InChI=1S/C24H18N2O3/c1-28-24(27)17-12-20-25-18-8-4-2-6-13(18)15-10-11-16-14-7-3-5-9-19(14)26(23(17)29-20)22(16)21(15)25/h2-11,17,20,23H,12H2,1H3/t17-,20-,23+/m0/s1. The summed E-state index contributed by atoms with van der Waals surface area (Å²) in [5.74, 6) is -0.552. The van der Waals surface area contributed by atoms with Crippen molar-refractivity contribution in [1.29, 1.82) is 0 Å². The first-order valence-corrected chi connectivity index (χ1v) is 9.95. The van der Waals surface area contributed by atoms with E-state index in [1.54, 1.807) is 0 Å². The quantitative estimate of drug-likeness (QED) is 0.378. The van der Waals surface area contributed by atoms with Gasteiger partial charge in [0.15, 0.2) is 6.23 Å². The number of hydrogen-bond donors (Lipinski definition) is 0. The van der Waals surface area contributed by atoms with Crippen LogP contribution in [0, 0.1) is 5.92 Å². The first-order valence-electron chi connectivity index (χ1n) is 9.95. The predicted octanol–water partition coefficient (Wildman–Crippen LogP) is 5.12. The number of fused-ring (bicyclic) bond motifs is 10. The Labute approximate surface area is 166 Å². The van der Waals surface area contributed by atoms with Gasteiger partial charge in [-0.3, -0.25) is 4.79 Å². The van der Waals surface area contributed by atoms with Gasteiger partial charge in [0.25, 0.3) is 0 Å². The molecule has 5 heteroatoms. The molecule has 142 valence electrons. The number of carbonyl (C=O) groups is 1. The van der Waals surface area contributed by atoms with E-state index in [-0.39, 0.29) is 24.3 Å². The van der Waals surface area contributed by atoms with Crippen LogP contribution in [0.5, 0.6) is 0 Å². The molecule has 0 spiro atoms. The minimum absolute atomic E-state index is 0.198. The van der Waals surface area contributed by atoms with Gasteiger partial charge < -0.3 is 18.6 Å². The maximum Gasteiger partial charge on any atom is 0.313 e. The van der Waals surface area contributed by atoms with Gasteiger partial charge in [-0.1, -0.05) is 48.5 Å². The summed E-state index contributed by atoms with van der Waals surface area (Å²) in [4.78, 5) is 12.7. The van der Waals surface area contributed by atoms with Crippen LogP contribution in [0.3, 0.4) is 0 Å². The van der Waals surface area contributed by atoms with Crippen LogP contribution in [0.2, 0.25) is 0 Å². The smallest absolute Gasteiger partial charge is 0.313 e. The molecule has 0 amide bonds. The van der Waals surface area contributed by atoms with Gasteiger partial charge in [-0.05, 0) is 12.1 Å². The lowest BCUT2D eigenvalue weighted by atomic mass is 10.0. The zero-order valence-electron chi connectivity index (χ0n) is 15.8. The fourth-order valence-corrected chi connectivity index (χ4v) is 5.55. The van der Waals surface area contributed by atoms with Gasteiger partial charge in [-0.15, -0.1) is 0 Å². The lowest BCUT2D eigenvalue weighted by molar-refractivity contribution is -0.149. The third kappa shape index (κ3) is 1.73. The topological polar surface area (TPSA) is 45.4 Å². The van der Waals surface area contributed by atoms with Crippen LogP contribution < -0.4 is 0 Å². The minimum Gasteiger partial charge on any atom is -0.469 e. The number of para-hydroxylation sites is 2. The largest absolute Gasteiger partial charge is 0.469 e. The highest BCUT2D eigenvalue weighted by molar-refractivity contribution is 6.22. The van der Waals surface area contributed by atoms with Crippen LogP contribution in [0.1, 0.15) is 18.9 Å². The Kier molecular flexibility index (Phi) is 2.79. The summed E-state index contributed by atoms with van der Waals surface area (Å²) >= 11 is 0. The van der Waals surface area contributed by atoms with Crippen molar-refractivity contribution in [2.24, 2.45) is 5.92 Å². The Hall–Kier alpha value is -3.31. The molecule has 0 radical (unpaired) electrons. The van der Waals surface area contributed by atoms with Crippen LogP contribution >= 0.6 is 0 Å². The number of benzene rings is 3. The molecule has 3 aromatic carbocycles. The summed E-state index contributed by atoms with van der Waals surface area (Å²) in [6, 6.07) is 21.2. The van der Waals surface area contributed by atoms with Gasteiger partial charge >= 0.3 is 5.97 Å². The van der Waals surface area contributed by atoms with Crippen molar-refractivity contribution < 1.29 is 14.3 Å². The molecule has 2 aliphatic heterocycles. The van der Waals surface area contributed by atoms with Crippen LogP contribution in [-0.2, 0) is 14.3 Å². The lowest BCUT2D eigenvalue weighted by Crippen LogP contribution is -2.24. The fourth-order valence-electron chi connectivity index (χ4n) is 5.55. The molecule has 0 unspecified atom stereocenters.